The molecule has 0 saturated carbocycles. The lowest BCUT2D eigenvalue weighted by Gasteiger charge is -2.34. The number of nitrogens with zero attached hydrogens (tertiary/aromatic N) is 3. The highest BCUT2D eigenvalue weighted by Crippen LogP contribution is 2.28. The van der Waals surface area contributed by atoms with E-state index in [1.165, 1.54) is 27.8 Å². The van der Waals surface area contributed by atoms with E-state index in [0.717, 1.165) is 44.7 Å². The first kappa shape index (κ1) is 21.9. The van der Waals surface area contributed by atoms with E-state index in [2.05, 4.69) is 85.1 Å². The fourth-order valence-electron chi connectivity index (χ4n) is 4.63. The average molecular weight is 453 g/mol. The van der Waals surface area contributed by atoms with Crippen molar-refractivity contribution in [1.29, 1.82) is 5.53 Å². The highest BCUT2D eigenvalue weighted by atomic mass is 15.1. The molecule has 4 N–H and O–H groups in total. The molecule has 1 saturated heterocycles. The number of fused-ring (bicyclic) bond motifs is 1. The molecule has 7 heteroatoms. The molecule has 1 aliphatic heterocycles. The van der Waals surface area contributed by atoms with Crippen LogP contribution in [0.15, 0.2) is 84.0 Å². The van der Waals surface area contributed by atoms with E-state index >= 15 is 0 Å². The van der Waals surface area contributed by atoms with Crippen molar-refractivity contribution in [2.24, 2.45) is 5.11 Å². The van der Waals surface area contributed by atoms with E-state index in [1.54, 1.807) is 0 Å². The van der Waals surface area contributed by atoms with Crippen LogP contribution in [0.1, 0.15) is 12.8 Å². The fraction of sp³-hybridized carbons (Fsp3) is 0.259. The maximum Gasteiger partial charge on any atom is 0.220 e. The van der Waals surface area contributed by atoms with Gasteiger partial charge < -0.3 is 20.5 Å². The van der Waals surface area contributed by atoms with Crippen LogP contribution in [0.5, 0.6) is 0 Å². The topological polar surface area (TPSA) is 93.4 Å². The number of aromatic amines is 1. The van der Waals surface area contributed by atoms with Crippen molar-refractivity contribution >= 4 is 28.0 Å². The summed E-state index contributed by atoms with van der Waals surface area (Å²) in [6.45, 7) is 3.92. The number of aromatic nitrogens is 1. The van der Waals surface area contributed by atoms with Gasteiger partial charge in [0.25, 0.3) is 0 Å². The Hall–Kier alpha value is -3.93. The van der Waals surface area contributed by atoms with Gasteiger partial charge in [0.05, 0.1) is 0 Å². The molecule has 0 radical (unpaired) electrons. The standard InChI is InChI=1S/C27H29N7/c28-33-32-24-10-8-22(9-11-24)29-14-15-30-23-12-16-34(17-13-23)25-6-3-5-20(18-25)27-19-21-4-1-2-7-26(21)31-27/h1-11,18-19,23,28,30-31H,12-17H2/p+1. The number of hydrogen-bond donors (Lipinski definition) is 4. The Balaban J connectivity index is 1.10. The van der Waals surface area contributed by atoms with Crippen LogP contribution in [0.2, 0.25) is 0 Å². The Bertz CT molecular complexity index is 1250. The number of hydrogen-bond acceptors (Lipinski definition) is 5. The van der Waals surface area contributed by atoms with Gasteiger partial charge in [-0.15, -0.1) is 0 Å². The largest absolute Gasteiger partial charge is 0.384 e. The van der Waals surface area contributed by atoms with Crippen molar-refractivity contribution in [2.75, 3.05) is 36.4 Å². The predicted molar refractivity (Wildman–Crippen MR) is 139 cm³/mol. The van der Waals surface area contributed by atoms with Gasteiger partial charge in [0.15, 0.2) is 10.8 Å². The van der Waals surface area contributed by atoms with Gasteiger partial charge in [-0.2, -0.15) is 0 Å². The van der Waals surface area contributed by atoms with Gasteiger partial charge in [-0.3, -0.25) is 0 Å². The summed E-state index contributed by atoms with van der Waals surface area (Å²) in [5.74, 6) is 0. The molecule has 0 atom stereocenters. The number of para-hydroxylation sites is 1. The molecule has 0 spiro atoms. The molecule has 0 bridgehead atoms. The second-order valence-electron chi connectivity index (χ2n) is 8.71. The third kappa shape index (κ3) is 5.17. The molecule has 1 aromatic heterocycles. The van der Waals surface area contributed by atoms with Crippen LogP contribution in [-0.4, -0.2) is 37.2 Å². The summed E-state index contributed by atoms with van der Waals surface area (Å²) in [6.07, 6.45) is 2.28. The van der Waals surface area contributed by atoms with Crippen LogP contribution >= 0.6 is 0 Å². The Morgan fingerprint density at radius 3 is 2.56 bits per heavy atom. The first-order valence-electron chi connectivity index (χ1n) is 11.9. The van der Waals surface area contributed by atoms with Crippen LogP contribution in [0.3, 0.4) is 0 Å². The summed E-state index contributed by atoms with van der Waals surface area (Å²) in [6, 6.07) is 27.7. The third-order valence-electron chi connectivity index (χ3n) is 6.47. The van der Waals surface area contributed by atoms with Gasteiger partial charge >= 0.3 is 0 Å². The van der Waals surface area contributed by atoms with Crippen LogP contribution < -0.4 is 20.4 Å². The van der Waals surface area contributed by atoms with Crippen molar-refractivity contribution in [3.8, 4) is 11.3 Å². The molecule has 7 nitrogen and oxygen atoms in total. The number of rotatable bonds is 8. The predicted octanol–water partition coefficient (Wildman–Crippen LogP) is 5.69. The smallest absolute Gasteiger partial charge is 0.220 e. The Morgan fingerprint density at radius 1 is 0.941 bits per heavy atom. The van der Waals surface area contributed by atoms with E-state index in [0.29, 0.717) is 11.7 Å². The number of benzene rings is 3. The highest BCUT2D eigenvalue weighted by molar-refractivity contribution is 5.86. The van der Waals surface area contributed by atoms with Gasteiger partial charge in [-0.1, -0.05) is 30.3 Å². The summed E-state index contributed by atoms with van der Waals surface area (Å²) in [5, 5.41) is 12.1. The third-order valence-corrected chi connectivity index (χ3v) is 6.47. The zero-order valence-corrected chi connectivity index (χ0v) is 19.2. The fourth-order valence-corrected chi connectivity index (χ4v) is 4.63. The van der Waals surface area contributed by atoms with Gasteiger partial charge in [-0.25, -0.2) is 0 Å². The molecule has 2 heterocycles. The zero-order valence-electron chi connectivity index (χ0n) is 19.2. The molecule has 4 aromatic rings. The highest BCUT2D eigenvalue weighted by Gasteiger charge is 2.19. The van der Waals surface area contributed by atoms with E-state index in [4.69, 9.17) is 5.53 Å². The summed E-state index contributed by atoms with van der Waals surface area (Å²) in [7, 11) is 0. The van der Waals surface area contributed by atoms with Crippen LogP contribution in [0.4, 0.5) is 17.1 Å². The van der Waals surface area contributed by atoms with Crippen molar-refractivity contribution < 1.29 is 0 Å². The lowest BCUT2D eigenvalue weighted by atomic mass is 10.0. The van der Waals surface area contributed by atoms with Crippen LogP contribution in [0, 0.1) is 5.53 Å². The molecule has 172 valence electrons. The summed E-state index contributed by atoms with van der Waals surface area (Å²) in [4.78, 5) is 9.10. The lowest BCUT2D eigenvalue weighted by Crippen LogP contribution is -2.43. The minimum absolute atomic E-state index is 0.551. The Kier molecular flexibility index (Phi) is 6.66. The monoisotopic (exact) mass is 452 g/mol. The average Bonchev–Trinajstić information content (AvgIpc) is 3.33. The Labute approximate surface area is 199 Å². The van der Waals surface area contributed by atoms with Crippen molar-refractivity contribution in [3.63, 3.8) is 0 Å². The number of anilines is 2. The van der Waals surface area contributed by atoms with Gasteiger partial charge in [0.2, 0.25) is 4.91 Å². The van der Waals surface area contributed by atoms with Crippen molar-refractivity contribution in [3.05, 3.63) is 78.9 Å². The molecule has 1 fully saturated rings. The molecular weight excluding hydrogens is 422 g/mol. The first-order valence-corrected chi connectivity index (χ1v) is 11.9. The van der Waals surface area contributed by atoms with Gasteiger partial charge in [-0.05, 0) is 66.9 Å². The molecule has 5 rings (SSSR count). The van der Waals surface area contributed by atoms with E-state index in [-0.39, 0.29) is 0 Å². The molecule has 34 heavy (non-hydrogen) atoms. The second kappa shape index (κ2) is 10.3. The SMILES string of the molecule is N=[N+]=Nc1ccc(NCCNC2CCN(c3cccc(-c4cc5ccccc5[nH]4)c3)CC2)cc1. The maximum absolute atomic E-state index is 6.78. The molecule has 0 aliphatic carbocycles. The molecule has 0 unspecified atom stereocenters. The second-order valence-corrected chi connectivity index (χ2v) is 8.71. The number of H-pyrrole nitrogens is 1. The quantitative estimate of drug-likeness (QED) is 0.157. The van der Waals surface area contributed by atoms with Crippen molar-refractivity contribution in [2.45, 2.75) is 18.9 Å². The lowest BCUT2D eigenvalue weighted by molar-refractivity contribution is 0.421. The minimum Gasteiger partial charge on any atom is -0.384 e. The molecular formula is C27H30N7+. The van der Waals surface area contributed by atoms with Gasteiger partial charge in [0.1, 0.15) is 5.53 Å². The summed E-state index contributed by atoms with van der Waals surface area (Å²) >= 11 is 0. The minimum atomic E-state index is 0.551. The van der Waals surface area contributed by atoms with E-state index < -0.39 is 0 Å². The van der Waals surface area contributed by atoms with E-state index in [1.807, 2.05) is 24.3 Å². The first-order chi connectivity index (χ1) is 16.8. The summed E-state index contributed by atoms with van der Waals surface area (Å²) in [5.41, 5.74) is 13.4. The number of nitrogens with one attached hydrogen (secondary N) is 4. The number of piperidine rings is 1. The molecule has 3 aromatic carbocycles. The van der Waals surface area contributed by atoms with Gasteiger partial charge in [0, 0.05) is 60.2 Å². The van der Waals surface area contributed by atoms with Crippen LogP contribution in [-0.2, 0) is 0 Å². The maximum atomic E-state index is 6.78. The summed E-state index contributed by atoms with van der Waals surface area (Å²) < 4.78 is 0. The molecule has 1 aliphatic rings. The normalized spacial score (nSPS) is 14.2. The van der Waals surface area contributed by atoms with Crippen molar-refractivity contribution in [1.82, 2.24) is 15.2 Å². The zero-order chi connectivity index (χ0) is 23.2. The van der Waals surface area contributed by atoms with Crippen LogP contribution in [0.25, 0.3) is 22.2 Å². The van der Waals surface area contributed by atoms with E-state index in [9.17, 15) is 0 Å². The molecule has 0 amide bonds. The Morgan fingerprint density at radius 2 is 1.76 bits per heavy atom.